The van der Waals surface area contributed by atoms with Gasteiger partial charge in [0.2, 0.25) is 11.8 Å². The van der Waals surface area contributed by atoms with Gasteiger partial charge in [0.1, 0.15) is 11.9 Å². The van der Waals surface area contributed by atoms with E-state index in [0.717, 1.165) is 11.3 Å². The summed E-state index contributed by atoms with van der Waals surface area (Å²) >= 11 is 0. The van der Waals surface area contributed by atoms with Crippen molar-refractivity contribution in [2.75, 3.05) is 11.4 Å². The number of aryl methyl sites for hydroxylation is 2. The molecule has 3 rings (SSSR count). The second-order valence-electron chi connectivity index (χ2n) is 6.47. The van der Waals surface area contributed by atoms with Crippen molar-refractivity contribution >= 4 is 17.5 Å². The molecule has 0 radical (unpaired) electrons. The van der Waals surface area contributed by atoms with Crippen LogP contribution in [-0.4, -0.2) is 24.4 Å². The van der Waals surface area contributed by atoms with Gasteiger partial charge in [-0.05, 0) is 61.2 Å². The van der Waals surface area contributed by atoms with Crippen LogP contribution >= 0.6 is 0 Å². The van der Waals surface area contributed by atoms with Gasteiger partial charge in [-0.1, -0.05) is 18.2 Å². The largest absolute Gasteiger partial charge is 0.344 e. The molecule has 2 amide bonds. The lowest BCUT2D eigenvalue weighted by atomic mass is 10.1. The molecule has 1 heterocycles. The fourth-order valence-electron chi connectivity index (χ4n) is 3.04. The molecule has 0 unspecified atom stereocenters. The molecule has 1 aliphatic heterocycles. The number of halogens is 1. The van der Waals surface area contributed by atoms with E-state index >= 15 is 0 Å². The summed E-state index contributed by atoms with van der Waals surface area (Å²) in [5.74, 6) is -0.745. The van der Waals surface area contributed by atoms with Gasteiger partial charge in [0.15, 0.2) is 0 Å². The molecule has 1 atom stereocenters. The maximum Gasteiger partial charge on any atom is 0.249 e. The third-order valence-electron chi connectivity index (χ3n) is 4.60. The highest BCUT2D eigenvalue weighted by Gasteiger charge is 2.33. The van der Waals surface area contributed by atoms with Gasteiger partial charge in [-0.3, -0.25) is 9.59 Å². The van der Waals surface area contributed by atoms with E-state index in [1.165, 1.54) is 17.7 Å². The van der Waals surface area contributed by atoms with Gasteiger partial charge < -0.3 is 10.2 Å². The van der Waals surface area contributed by atoms with Crippen LogP contribution in [0.5, 0.6) is 0 Å². The zero-order valence-corrected chi connectivity index (χ0v) is 14.4. The van der Waals surface area contributed by atoms with Crippen molar-refractivity contribution in [3.8, 4) is 0 Å². The minimum absolute atomic E-state index is 0.0607. The molecule has 1 fully saturated rings. The Labute approximate surface area is 146 Å². The lowest BCUT2D eigenvalue weighted by molar-refractivity contribution is -0.126. The Bertz CT molecular complexity index is 819. The van der Waals surface area contributed by atoms with Crippen LogP contribution in [0.25, 0.3) is 0 Å². The van der Waals surface area contributed by atoms with Crippen molar-refractivity contribution < 1.29 is 14.0 Å². The molecule has 0 saturated carbocycles. The summed E-state index contributed by atoms with van der Waals surface area (Å²) in [6.07, 6.45) is 0.631. The van der Waals surface area contributed by atoms with Crippen LogP contribution in [-0.2, 0) is 16.0 Å². The fourth-order valence-corrected chi connectivity index (χ4v) is 3.04. The summed E-state index contributed by atoms with van der Waals surface area (Å²) in [4.78, 5) is 26.5. The molecular formula is C20H21FN2O2. The Balaban J connectivity index is 1.63. The van der Waals surface area contributed by atoms with Crippen LogP contribution in [0.15, 0.2) is 42.5 Å². The van der Waals surface area contributed by atoms with Gasteiger partial charge in [0, 0.05) is 12.2 Å². The van der Waals surface area contributed by atoms with Gasteiger partial charge >= 0.3 is 0 Å². The minimum atomic E-state index is -0.525. The smallest absolute Gasteiger partial charge is 0.249 e. The first-order valence-electron chi connectivity index (χ1n) is 8.36. The van der Waals surface area contributed by atoms with Crippen molar-refractivity contribution in [1.82, 2.24) is 5.32 Å². The number of hydrogen-bond acceptors (Lipinski definition) is 2. The molecule has 2 aromatic carbocycles. The third kappa shape index (κ3) is 3.87. The van der Waals surface area contributed by atoms with E-state index in [2.05, 4.69) is 5.32 Å². The third-order valence-corrected chi connectivity index (χ3v) is 4.60. The average molecular weight is 340 g/mol. The predicted octanol–water partition coefficient (Wildman–Crippen LogP) is 2.91. The summed E-state index contributed by atoms with van der Waals surface area (Å²) in [6.45, 7) is 4.62. The van der Waals surface area contributed by atoms with E-state index in [0.29, 0.717) is 18.5 Å². The van der Waals surface area contributed by atoms with Crippen LogP contribution in [0.2, 0.25) is 0 Å². The Hall–Kier alpha value is -2.69. The van der Waals surface area contributed by atoms with Crippen molar-refractivity contribution in [3.63, 3.8) is 0 Å². The summed E-state index contributed by atoms with van der Waals surface area (Å²) in [6, 6.07) is 11.3. The number of nitrogens with one attached hydrogen (secondary N) is 1. The topological polar surface area (TPSA) is 49.4 Å². The molecule has 0 aromatic heterocycles. The van der Waals surface area contributed by atoms with Crippen LogP contribution in [0.4, 0.5) is 10.1 Å². The monoisotopic (exact) mass is 340 g/mol. The van der Waals surface area contributed by atoms with Crippen LogP contribution < -0.4 is 10.2 Å². The normalized spacial score (nSPS) is 17.0. The van der Waals surface area contributed by atoms with Gasteiger partial charge in [0.25, 0.3) is 0 Å². The number of nitrogens with zero attached hydrogens (tertiary/aromatic N) is 1. The van der Waals surface area contributed by atoms with Crippen LogP contribution in [0.1, 0.15) is 23.1 Å². The highest BCUT2D eigenvalue weighted by atomic mass is 19.1. The number of rotatable bonds is 4. The average Bonchev–Trinajstić information content (AvgIpc) is 2.91. The lowest BCUT2D eigenvalue weighted by Gasteiger charge is -2.18. The Kier molecular flexibility index (Phi) is 4.83. The Morgan fingerprint density at radius 2 is 2.00 bits per heavy atom. The molecule has 2 aromatic rings. The fraction of sp³-hybridized carbons (Fsp3) is 0.300. The summed E-state index contributed by atoms with van der Waals surface area (Å²) < 4.78 is 13.2. The second-order valence-corrected chi connectivity index (χ2v) is 6.47. The number of carbonyl (C=O) groups excluding carboxylic acids is 2. The second kappa shape index (κ2) is 7.05. The lowest BCUT2D eigenvalue weighted by Crippen LogP contribution is -2.42. The van der Waals surface area contributed by atoms with Crippen molar-refractivity contribution in [2.45, 2.75) is 32.7 Å². The van der Waals surface area contributed by atoms with E-state index in [9.17, 15) is 14.0 Å². The van der Waals surface area contributed by atoms with E-state index in [1.54, 1.807) is 17.0 Å². The number of anilines is 1. The molecule has 130 valence electrons. The first-order chi connectivity index (χ1) is 11.9. The molecular weight excluding hydrogens is 319 g/mol. The molecule has 1 aliphatic rings. The van der Waals surface area contributed by atoms with Crippen molar-refractivity contribution in [2.24, 2.45) is 0 Å². The molecule has 1 saturated heterocycles. The van der Waals surface area contributed by atoms with E-state index in [1.807, 2.05) is 32.0 Å². The Morgan fingerprint density at radius 1 is 1.20 bits per heavy atom. The minimum Gasteiger partial charge on any atom is -0.344 e. The van der Waals surface area contributed by atoms with Gasteiger partial charge in [-0.15, -0.1) is 0 Å². The molecule has 0 bridgehead atoms. The number of hydrogen-bond donors (Lipinski definition) is 1. The number of benzene rings is 2. The molecule has 1 N–H and O–H groups in total. The number of carbonyl (C=O) groups is 2. The van der Waals surface area contributed by atoms with Crippen LogP contribution in [0.3, 0.4) is 0 Å². The van der Waals surface area contributed by atoms with Gasteiger partial charge in [-0.25, -0.2) is 4.39 Å². The first-order valence-corrected chi connectivity index (χ1v) is 8.36. The van der Waals surface area contributed by atoms with Crippen molar-refractivity contribution in [3.05, 3.63) is 65.0 Å². The maximum atomic E-state index is 13.2. The highest BCUT2D eigenvalue weighted by molar-refractivity contribution is 6.01. The first kappa shape index (κ1) is 17.1. The maximum absolute atomic E-state index is 13.2. The van der Waals surface area contributed by atoms with E-state index in [4.69, 9.17) is 0 Å². The standard InChI is InChI=1S/C20H21FN2O2/c1-13-6-7-17(10-14(13)2)23-9-8-18(20(23)25)22-19(24)12-15-4-3-5-16(21)11-15/h3-7,10-11,18H,8-9,12H2,1-2H3,(H,22,24)/t18-/m1/s1. The van der Waals surface area contributed by atoms with Crippen molar-refractivity contribution in [1.29, 1.82) is 0 Å². The Morgan fingerprint density at radius 3 is 2.72 bits per heavy atom. The van der Waals surface area contributed by atoms with Crippen LogP contribution in [0, 0.1) is 19.7 Å². The molecule has 4 nitrogen and oxygen atoms in total. The molecule has 0 spiro atoms. The summed E-state index contributed by atoms with van der Waals surface area (Å²) in [5.41, 5.74) is 3.75. The molecule has 5 heteroatoms. The highest BCUT2D eigenvalue weighted by Crippen LogP contribution is 2.24. The zero-order chi connectivity index (χ0) is 18.0. The molecule has 0 aliphatic carbocycles. The zero-order valence-electron chi connectivity index (χ0n) is 14.4. The predicted molar refractivity (Wildman–Crippen MR) is 94.9 cm³/mol. The quantitative estimate of drug-likeness (QED) is 0.930. The SMILES string of the molecule is Cc1ccc(N2CC[C@@H](NC(=O)Cc3cccc(F)c3)C2=O)cc1C. The van der Waals surface area contributed by atoms with E-state index in [-0.39, 0.29) is 24.1 Å². The summed E-state index contributed by atoms with van der Waals surface area (Å²) in [7, 11) is 0. The number of amides is 2. The van der Waals surface area contributed by atoms with Gasteiger partial charge in [0.05, 0.1) is 6.42 Å². The van der Waals surface area contributed by atoms with E-state index < -0.39 is 6.04 Å². The molecule has 25 heavy (non-hydrogen) atoms. The van der Waals surface area contributed by atoms with Gasteiger partial charge in [-0.2, -0.15) is 0 Å². The summed E-state index contributed by atoms with van der Waals surface area (Å²) in [5, 5.41) is 2.77.